The number of rotatable bonds is 6. The van der Waals surface area contributed by atoms with E-state index >= 15 is 0 Å². The summed E-state index contributed by atoms with van der Waals surface area (Å²) in [6.07, 6.45) is 5.43. The first kappa shape index (κ1) is 20.3. The predicted octanol–water partition coefficient (Wildman–Crippen LogP) is 2.51. The number of hydrogen-bond acceptors (Lipinski definition) is 4. The van der Waals surface area contributed by atoms with E-state index in [4.69, 9.17) is 0 Å². The Hall–Kier alpha value is -3.00. The maximum Gasteiger partial charge on any atom is 0.241 e. The summed E-state index contributed by atoms with van der Waals surface area (Å²) in [7, 11) is 1.89. The van der Waals surface area contributed by atoms with Crippen LogP contribution in [0.2, 0.25) is 0 Å². The molecule has 7 nitrogen and oxygen atoms in total. The van der Waals surface area contributed by atoms with Crippen molar-refractivity contribution in [1.82, 2.24) is 29.8 Å². The monoisotopic (exact) mass is 410 g/mol. The molecule has 1 aliphatic rings. The summed E-state index contributed by atoms with van der Waals surface area (Å²) < 4.78 is 17.5. The molecule has 8 heteroatoms. The molecule has 0 aliphatic carbocycles. The van der Waals surface area contributed by atoms with Crippen molar-refractivity contribution >= 4 is 5.91 Å². The fourth-order valence-corrected chi connectivity index (χ4v) is 3.89. The standard InChI is InChI=1S/C22H27FN6O/c1-16-12-24-29(13-16)15-22(30)25-17-7-9-28(10-8-17)14-18-11-21(26-27(18)2)19-5-3-4-6-20(19)23/h3-6,11-13,17H,7-10,14-15H2,1-2H3,(H,25,30). The van der Waals surface area contributed by atoms with Crippen LogP contribution in [0.5, 0.6) is 0 Å². The van der Waals surface area contributed by atoms with Crippen LogP contribution in [0.4, 0.5) is 4.39 Å². The first-order chi connectivity index (χ1) is 14.5. The van der Waals surface area contributed by atoms with E-state index < -0.39 is 0 Å². The van der Waals surface area contributed by atoms with Gasteiger partial charge in [0.25, 0.3) is 0 Å². The molecular formula is C22H27FN6O. The zero-order valence-corrected chi connectivity index (χ0v) is 17.4. The van der Waals surface area contributed by atoms with Gasteiger partial charge in [0, 0.05) is 44.5 Å². The van der Waals surface area contributed by atoms with E-state index in [1.807, 2.05) is 37.0 Å². The van der Waals surface area contributed by atoms with Crippen molar-refractivity contribution in [2.45, 2.75) is 38.9 Å². The molecule has 1 amide bonds. The van der Waals surface area contributed by atoms with Gasteiger partial charge in [0.1, 0.15) is 12.4 Å². The van der Waals surface area contributed by atoms with Crippen LogP contribution in [0.25, 0.3) is 11.3 Å². The van der Waals surface area contributed by atoms with Gasteiger partial charge in [-0.15, -0.1) is 0 Å². The molecule has 0 bridgehead atoms. The Bertz CT molecular complexity index is 1020. The Morgan fingerprint density at radius 3 is 2.73 bits per heavy atom. The minimum absolute atomic E-state index is 0.00212. The maximum absolute atomic E-state index is 14.1. The maximum atomic E-state index is 14.1. The molecule has 1 N–H and O–H groups in total. The number of nitrogens with one attached hydrogen (secondary N) is 1. The van der Waals surface area contributed by atoms with Crippen LogP contribution in [0, 0.1) is 12.7 Å². The minimum Gasteiger partial charge on any atom is -0.352 e. The van der Waals surface area contributed by atoms with Gasteiger partial charge in [-0.05, 0) is 43.5 Å². The molecular weight excluding hydrogens is 383 g/mol. The van der Waals surface area contributed by atoms with Gasteiger partial charge in [-0.2, -0.15) is 10.2 Å². The van der Waals surface area contributed by atoms with Gasteiger partial charge >= 0.3 is 0 Å². The second-order valence-electron chi connectivity index (χ2n) is 7.96. The number of piperidine rings is 1. The average Bonchev–Trinajstić information content (AvgIpc) is 3.29. The van der Waals surface area contributed by atoms with Crippen molar-refractivity contribution in [2.75, 3.05) is 13.1 Å². The molecule has 2 aromatic heterocycles. The average molecular weight is 410 g/mol. The molecule has 1 fully saturated rings. The Kier molecular flexibility index (Phi) is 5.94. The molecule has 158 valence electrons. The molecule has 0 atom stereocenters. The number of benzene rings is 1. The summed E-state index contributed by atoms with van der Waals surface area (Å²) in [5, 5.41) is 11.8. The van der Waals surface area contributed by atoms with Crippen LogP contribution >= 0.6 is 0 Å². The van der Waals surface area contributed by atoms with E-state index in [2.05, 4.69) is 20.4 Å². The Labute approximate surface area is 175 Å². The number of carbonyl (C=O) groups excluding carboxylic acids is 1. The Balaban J connectivity index is 1.29. The number of nitrogens with zero attached hydrogens (tertiary/aromatic N) is 5. The lowest BCUT2D eigenvalue weighted by Gasteiger charge is -2.32. The van der Waals surface area contributed by atoms with E-state index in [0.29, 0.717) is 11.3 Å². The van der Waals surface area contributed by atoms with E-state index in [1.54, 1.807) is 23.0 Å². The summed E-state index contributed by atoms with van der Waals surface area (Å²) in [6.45, 7) is 4.75. The van der Waals surface area contributed by atoms with E-state index in [0.717, 1.165) is 43.7 Å². The molecule has 0 unspecified atom stereocenters. The number of aromatic nitrogens is 4. The summed E-state index contributed by atoms with van der Waals surface area (Å²) in [6, 6.07) is 8.85. The lowest BCUT2D eigenvalue weighted by molar-refractivity contribution is -0.122. The first-order valence-electron chi connectivity index (χ1n) is 10.3. The van der Waals surface area contributed by atoms with Crippen molar-refractivity contribution in [1.29, 1.82) is 0 Å². The van der Waals surface area contributed by atoms with Crippen LogP contribution in [0.3, 0.4) is 0 Å². The number of carbonyl (C=O) groups is 1. The van der Waals surface area contributed by atoms with Gasteiger partial charge in [0.15, 0.2) is 0 Å². The SMILES string of the molecule is Cc1cnn(CC(=O)NC2CCN(Cc3cc(-c4ccccc4F)nn3C)CC2)c1. The number of aryl methyl sites for hydroxylation is 2. The van der Waals surface area contributed by atoms with Crippen LogP contribution < -0.4 is 5.32 Å². The third-order valence-corrected chi connectivity index (χ3v) is 5.53. The van der Waals surface area contributed by atoms with Gasteiger partial charge in [0.2, 0.25) is 5.91 Å². The molecule has 1 saturated heterocycles. The number of likely N-dealkylation sites (tertiary alicyclic amines) is 1. The highest BCUT2D eigenvalue weighted by Gasteiger charge is 2.22. The molecule has 0 spiro atoms. The summed E-state index contributed by atoms with van der Waals surface area (Å²) >= 11 is 0. The highest BCUT2D eigenvalue weighted by Crippen LogP contribution is 2.23. The Morgan fingerprint density at radius 2 is 2.03 bits per heavy atom. The highest BCUT2D eigenvalue weighted by molar-refractivity contribution is 5.76. The highest BCUT2D eigenvalue weighted by atomic mass is 19.1. The fourth-order valence-electron chi connectivity index (χ4n) is 3.89. The minimum atomic E-state index is -0.260. The number of amides is 1. The van der Waals surface area contributed by atoms with Gasteiger partial charge in [-0.25, -0.2) is 4.39 Å². The molecule has 1 aromatic carbocycles. The van der Waals surface area contributed by atoms with Crippen LogP contribution in [0.15, 0.2) is 42.7 Å². The first-order valence-corrected chi connectivity index (χ1v) is 10.3. The molecule has 0 saturated carbocycles. The number of hydrogen-bond donors (Lipinski definition) is 1. The lowest BCUT2D eigenvalue weighted by atomic mass is 10.0. The van der Waals surface area contributed by atoms with Crippen molar-refractivity contribution in [3.05, 3.63) is 59.8 Å². The van der Waals surface area contributed by atoms with Crippen LogP contribution in [0.1, 0.15) is 24.1 Å². The molecule has 0 radical (unpaired) electrons. The summed E-state index contributed by atoms with van der Waals surface area (Å²) in [4.78, 5) is 14.6. The van der Waals surface area contributed by atoms with Crippen molar-refractivity contribution in [2.24, 2.45) is 7.05 Å². The lowest BCUT2D eigenvalue weighted by Crippen LogP contribution is -2.45. The second-order valence-corrected chi connectivity index (χ2v) is 7.96. The van der Waals surface area contributed by atoms with Crippen molar-refractivity contribution in [3.8, 4) is 11.3 Å². The summed E-state index contributed by atoms with van der Waals surface area (Å²) in [5.41, 5.74) is 3.27. The van der Waals surface area contributed by atoms with E-state index in [-0.39, 0.29) is 24.3 Å². The quantitative estimate of drug-likeness (QED) is 0.678. The predicted molar refractivity (Wildman–Crippen MR) is 112 cm³/mol. The smallest absolute Gasteiger partial charge is 0.241 e. The topological polar surface area (TPSA) is 68.0 Å². The molecule has 3 aromatic rings. The third kappa shape index (κ3) is 4.76. The van der Waals surface area contributed by atoms with Crippen LogP contribution in [-0.2, 0) is 24.9 Å². The summed E-state index contributed by atoms with van der Waals surface area (Å²) in [5.74, 6) is -0.262. The van der Waals surface area contributed by atoms with Gasteiger partial charge in [-0.3, -0.25) is 19.1 Å². The van der Waals surface area contributed by atoms with Crippen molar-refractivity contribution < 1.29 is 9.18 Å². The fraction of sp³-hybridized carbons (Fsp3) is 0.409. The molecule has 1 aliphatic heterocycles. The molecule has 4 rings (SSSR count). The largest absolute Gasteiger partial charge is 0.352 e. The van der Waals surface area contributed by atoms with Crippen LogP contribution in [-0.4, -0.2) is 49.5 Å². The van der Waals surface area contributed by atoms with E-state index in [9.17, 15) is 9.18 Å². The molecule has 3 heterocycles. The second kappa shape index (κ2) is 8.79. The van der Waals surface area contributed by atoms with E-state index in [1.165, 1.54) is 6.07 Å². The number of halogens is 1. The third-order valence-electron chi connectivity index (χ3n) is 5.53. The van der Waals surface area contributed by atoms with Crippen molar-refractivity contribution in [3.63, 3.8) is 0 Å². The van der Waals surface area contributed by atoms with Gasteiger partial charge < -0.3 is 5.32 Å². The Morgan fingerprint density at radius 1 is 1.27 bits per heavy atom. The zero-order chi connectivity index (χ0) is 21.1. The molecule has 30 heavy (non-hydrogen) atoms. The zero-order valence-electron chi connectivity index (χ0n) is 17.4. The normalized spacial score (nSPS) is 15.4. The van der Waals surface area contributed by atoms with Gasteiger partial charge in [0.05, 0.1) is 17.6 Å². The van der Waals surface area contributed by atoms with Gasteiger partial charge in [-0.1, -0.05) is 12.1 Å².